The zero-order valence-corrected chi connectivity index (χ0v) is 19.0. The van der Waals surface area contributed by atoms with Gasteiger partial charge in [0, 0.05) is 29.9 Å². The highest BCUT2D eigenvalue weighted by atomic mass is 16.6. The van der Waals surface area contributed by atoms with Crippen LogP contribution in [-0.2, 0) is 14.2 Å². The van der Waals surface area contributed by atoms with Crippen LogP contribution in [0.5, 0.6) is 0 Å². The van der Waals surface area contributed by atoms with Crippen molar-refractivity contribution in [3.05, 3.63) is 65.2 Å². The lowest BCUT2D eigenvalue weighted by Gasteiger charge is -2.25. The highest BCUT2D eigenvalue weighted by Crippen LogP contribution is 2.34. The molecule has 0 spiro atoms. The first-order chi connectivity index (χ1) is 16.1. The van der Waals surface area contributed by atoms with Crippen molar-refractivity contribution in [1.29, 1.82) is 0 Å². The van der Waals surface area contributed by atoms with Crippen LogP contribution in [0.1, 0.15) is 43.3 Å². The van der Waals surface area contributed by atoms with Crippen molar-refractivity contribution < 1.29 is 24.4 Å². The highest BCUT2D eigenvalue weighted by Gasteiger charge is 2.46. The largest absolute Gasteiger partial charge is 0.390 e. The molecule has 13 heteroatoms. The van der Waals surface area contributed by atoms with Crippen molar-refractivity contribution in [1.82, 2.24) is 19.1 Å². The van der Waals surface area contributed by atoms with Crippen LogP contribution in [0, 0.1) is 13.8 Å². The second kappa shape index (κ2) is 9.43. The molecule has 0 radical (unpaired) electrons. The average molecular weight is 480 g/mol. The summed E-state index contributed by atoms with van der Waals surface area (Å²) in [5, 5.41) is 21.2. The van der Waals surface area contributed by atoms with E-state index in [0.29, 0.717) is 12.0 Å². The smallest absolute Gasteiger partial charge is 0.330 e. The maximum Gasteiger partial charge on any atom is 0.330 e. The van der Waals surface area contributed by atoms with Gasteiger partial charge in [0.15, 0.2) is 6.23 Å². The zero-order valence-electron chi connectivity index (χ0n) is 19.0. The number of aromatic amines is 2. The van der Waals surface area contributed by atoms with Crippen LogP contribution >= 0.6 is 0 Å². The fourth-order valence-electron chi connectivity index (χ4n) is 4.28. The van der Waals surface area contributed by atoms with Gasteiger partial charge in [-0.15, -0.1) is 0 Å². The predicted octanol–water partition coefficient (Wildman–Crippen LogP) is -1.59. The van der Waals surface area contributed by atoms with Gasteiger partial charge in [-0.3, -0.25) is 28.7 Å². The summed E-state index contributed by atoms with van der Waals surface area (Å²) in [6, 6.07) is 0. The van der Waals surface area contributed by atoms with E-state index in [1.165, 1.54) is 23.9 Å². The Morgan fingerprint density at radius 2 is 1.56 bits per heavy atom. The summed E-state index contributed by atoms with van der Waals surface area (Å²) in [5.41, 5.74) is -1.78. The average Bonchev–Trinajstić information content (AvgIpc) is 3.30. The number of nitrogens with one attached hydrogen (secondary N) is 2. The number of aromatic nitrogens is 4. The van der Waals surface area contributed by atoms with Crippen molar-refractivity contribution in [2.24, 2.45) is 0 Å². The second-order valence-corrected chi connectivity index (χ2v) is 8.65. The molecular weight excluding hydrogens is 452 g/mol. The van der Waals surface area contributed by atoms with Crippen LogP contribution in [0.2, 0.25) is 0 Å². The van der Waals surface area contributed by atoms with E-state index in [1.54, 1.807) is 6.92 Å². The number of aliphatic hydroxyl groups excluding tert-OH is 2. The Hall–Kier alpha value is -2.84. The van der Waals surface area contributed by atoms with Crippen molar-refractivity contribution >= 4 is 0 Å². The van der Waals surface area contributed by atoms with Gasteiger partial charge in [-0.25, -0.2) is 9.59 Å². The summed E-state index contributed by atoms with van der Waals surface area (Å²) in [6.45, 7) is 4.74. The first-order valence-corrected chi connectivity index (χ1v) is 11.0. The number of aryl methyl sites for hydroxylation is 2. The minimum absolute atomic E-state index is 0.0860. The molecule has 2 unspecified atom stereocenters. The molecule has 7 atom stereocenters. The van der Waals surface area contributed by atoms with Crippen molar-refractivity contribution in [3.8, 4) is 0 Å². The van der Waals surface area contributed by atoms with Gasteiger partial charge in [0.05, 0.1) is 18.8 Å². The lowest BCUT2D eigenvalue weighted by molar-refractivity contribution is -0.118. The number of hydrogen-bond donors (Lipinski definition) is 4. The highest BCUT2D eigenvalue weighted by molar-refractivity contribution is 5.04. The van der Waals surface area contributed by atoms with Gasteiger partial charge >= 0.3 is 11.4 Å². The van der Waals surface area contributed by atoms with E-state index in [9.17, 15) is 29.4 Å². The van der Waals surface area contributed by atoms with Gasteiger partial charge in [-0.05, 0) is 20.3 Å². The molecular formula is C21H28N4O9. The fraction of sp³-hybridized carbons (Fsp3) is 0.619. The van der Waals surface area contributed by atoms with Crippen molar-refractivity contribution in [3.63, 3.8) is 0 Å². The van der Waals surface area contributed by atoms with Crippen molar-refractivity contribution in [2.75, 3.05) is 6.61 Å². The third-order valence-corrected chi connectivity index (χ3v) is 6.25. The quantitative estimate of drug-likeness (QED) is 0.379. The van der Waals surface area contributed by atoms with Crippen LogP contribution in [0.25, 0.3) is 0 Å². The number of nitrogens with zero attached hydrogens (tertiary/aromatic N) is 2. The maximum atomic E-state index is 12.4. The SMILES string of the molecule is CC[C@H]1O[C@@H](n2cc(C)c(=O)[nH]c2=O)[C@@H](OC[C@H]2O[C@@H](n3cc(C)c(=O)[nH]c3=O)CC2O)C1O. The topological polar surface area (TPSA) is 178 Å². The number of ether oxygens (including phenoxy) is 3. The molecule has 0 aromatic carbocycles. The van der Waals surface area contributed by atoms with E-state index in [-0.39, 0.29) is 18.6 Å². The van der Waals surface area contributed by atoms with Gasteiger partial charge < -0.3 is 24.4 Å². The first kappa shape index (κ1) is 24.3. The van der Waals surface area contributed by atoms with E-state index in [0.717, 1.165) is 4.57 Å². The minimum Gasteiger partial charge on any atom is -0.390 e. The monoisotopic (exact) mass is 480 g/mol. The summed E-state index contributed by atoms with van der Waals surface area (Å²) >= 11 is 0. The standard InChI is InChI=1S/C21H28N4O9/c1-4-12-15(27)16(19(34-12)25-7-10(3)18(29)23-21(25)31)32-8-13-11(26)5-14(33-13)24-6-9(2)17(28)22-20(24)30/h6-7,11-16,19,26-27H,4-5,8H2,1-3H3,(H,22,28,30)(H,23,29,31)/t11?,12-,13-,14-,15?,16+,19-/m1/s1. The van der Waals surface area contributed by atoms with Crippen LogP contribution < -0.4 is 22.5 Å². The summed E-state index contributed by atoms with van der Waals surface area (Å²) < 4.78 is 19.9. The van der Waals surface area contributed by atoms with Gasteiger partial charge in [0.25, 0.3) is 11.1 Å². The van der Waals surface area contributed by atoms with Crippen LogP contribution in [0.4, 0.5) is 0 Å². The molecule has 4 rings (SSSR count). The van der Waals surface area contributed by atoms with Gasteiger partial charge in [0.2, 0.25) is 0 Å². The third kappa shape index (κ3) is 4.44. The Kier molecular flexibility index (Phi) is 6.73. The molecule has 2 saturated heterocycles. The van der Waals surface area contributed by atoms with Crippen LogP contribution in [0.15, 0.2) is 31.6 Å². The molecule has 13 nitrogen and oxygen atoms in total. The molecule has 2 aliphatic heterocycles. The predicted molar refractivity (Wildman–Crippen MR) is 117 cm³/mol. The number of hydrogen-bond acceptors (Lipinski definition) is 9. The minimum atomic E-state index is -1.08. The van der Waals surface area contributed by atoms with E-state index >= 15 is 0 Å². The first-order valence-electron chi connectivity index (χ1n) is 11.0. The molecule has 2 fully saturated rings. The lowest BCUT2D eigenvalue weighted by Crippen LogP contribution is -2.41. The molecule has 2 aromatic heterocycles. The lowest BCUT2D eigenvalue weighted by atomic mass is 10.1. The van der Waals surface area contributed by atoms with Gasteiger partial charge in [-0.1, -0.05) is 6.92 Å². The molecule has 0 saturated carbocycles. The molecule has 4 heterocycles. The maximum absolute atomic E-state index is 12.4. The zero-order chi connectivity index (χ0) is 24.7. The summed E-state index contributed by atoms with van der Waals surface area (Å²) in [6.07, 6.45) is -3.09. The Morgan fingerprint density at radius 1 is 0.971 bits per heavy atom. The second-order valence-electron chi connectivity index (χ2n) is 8.65. The number of rotatable bonds is 6. The number of aliphatic hydroxyl groups is 2. The molecule has 0 amide bonds. The van der Waals surface area contributed by atoms with Crippen LogP contribution in [0.3, 0.4) is 0 Å². The molecule has 0 bridgehead atoms. The summed E-state index contributed by atoms with van der Waals surface area (Å²) in [4.78, 5) is 52.3. The Balaban J connectivity index is 1.52. The molecule has 186 valence electrons. The van der Waals surface area contributed by atoms with E-state index in [1.807, 2.05) is 6.92 Å². The Morgan fingerprint density at radius 3 is 2.18 bits per heavy atom. The normalized spacial score (nSPS) is 31.3. The summed E-state index contributed by atoms with van der Waals surface area (Å²) in [5.74, 6) is 0. The van der Waals surface area contributed by atoms with E-state index < -0.39 is 65.5 Å². The molecule has 34 heavy (non-hydrogen) atoms. The van der Waals surface area contributed by atoms with Gasteiger partial charge in [0.1, 0.15) is 24.5 Å². The van der Waals surface area contributed by atoms with E-state index in [4.69, 9.17) is 14.2 Å². The van der Waals surface area contributed by atoms with Crippen molar-refractivity contribution in [2.45, 2.75) is 76.6 Å². The molecule has 2 aliphatic rings. The Bertz CT molecular complexity index is 1280. The third-order valence-electron chi connectivity index (χ3n) is 6.25. The van der Waals surface area contributed by atoms with Gasteiger partial charge in [-0.2, -0.15) is 0 Å². The molecule has 4 N–H and O–H groups in total. The number of H-pyrrole nitrogens is 2. The summed E-state index contributed by atoms with van der Waals surface area (Å²) in [7, 11) is 0. The molecule has 0 aliphatic carbocycles. The van der Waals surface area contributed by atoms with E-state index in [2.05, 4.69) is 9.97 Å². The van der Waals surface area contributed by atoms with Crippen LogP contribution in [-0.4, -0.2) is 66.4 Å². The Labute approximate surface area is 192 Å². The molecule has 2 aromatic rings. The fourth-order valence-corrected chi connectivity index (χ4v) is 4.28.